The summed E-state index contributed by atoms with van der Waals surface area (Å²) >= 11 is 1.04. The number of carboxylic acid groups (broad SMARTS) is 1. The molecule has 1 aromatic heterocycles. The molecule has 13 nitrogen and oxygen atoms in total. The van der Waals surface area contributed by atoms with Gasteiger partial charge < -0.3 is 25.7 Å². The highest BCUT2D eigenvalue weighted by Crippen LogP contribution is 2.39. The molecule has 4 heterocycles. The van der Waals surface area contributed by atoms with E-state index in [0.29, 0.717) is 24.3 Å². The van der Waals surface area contributed by atoms with Crippen molar-refractivity contribution in [2.75, 3.05) is 25.2 Å². The average molecular weight is 486 g/mol. The van der Waals surface area contributed by atoms with Crippen molar-refractivity contribution in [3.05, 3.63) is 22.3 Å². The molecule has 2 saturated heterocycles. The van der Waals surface area contributed by atoms with E-state index in [1.54, 1.807) is 0 Å². The number of carbonyl (C=O) groups is 3. The number of β-lactam (4-membered cyclic amide) rings is 1. The molecule has 0 radical (unpaired) electrons. The van der Waals surface area contributed by atoms with E-state index in [0.717, 1.165) is 11.3 Å². The van der Waals surface area contributed by atoms with Gasteiger partial charge in [0, 0.05) is 17.6 Å². The van der Waals surface area contributed by atoms with Gasteiger partial charge in [-0.25, -0.2) is 18.2 Å². The first-order valence-electron chi connectivity index (χ1n) is 9.41. The Labute approximate surface area is 185 Å². The summed E-state index contributed by atoms with van der Waals surface area (Å²) in [4.78, 5) is 46.8. The number of carbonyl (C=O) groups excluding carboxylic acids is 2. The van der Waals surface area contributed by atoms with Crippen molar-refractivity contribution >= 4 is 49.8 Å². The van der Waals surface area contributed by atoms with E-state index in [-0.39, 0.29) is 22.1 Å². The molecule has 3 aliphatic rings. The first-order valence-corrected chi connectivity index (χ1v) is 12.0. The van der Waals surface area contributed by atoms with Crippen LogP contribution in [0.2, 0.25) is 0 Å². The van der Waals surface area contributed by atoms with Crippen LogP contribution >= 0.6 is 11.3 Å². The number of hydrogen-bond donors (Lipinski definition) is 3. The normalized spacial score (nSPS) is 27.0. The third-order valence-corrected chi connectivity index (χ3v) is 7.89. The van der Waals surface area contributed by atoms with Gasteiger partial charge in [0.2, 0.25) is 0 Å². The number of rotatable bonds is 6. The minimum absolute atomic E-state index is 0.0453. The summed E-state index contributed by atoms with van der Waals surface area (Å²) in [6, 6.07) is -1.49. The molecule has 0 bridgehead atoms. The molecule has 172 valence electrons. The van der Waals surface area contributed by atoms with Crippen LogP contribution in [-0.4, -0.2) is 83.9 Å². The molecule has 32 heavy (non-hydrogen) atoms. The van der Waals surface area contributed by atoms with Gasteiger partial charge in [-0.3, -0.25) is 14.5 Å². The number of anilines is 1. The first-order chi connectivity index (χ1) is 15.2. The summed E-state index contributed by atoms with van der Waals surface area (Å²) in [6.07, 6.45) is 0.427. The molecule has 15 heteroatoms. The zero-order valence-electron chi connectivity index (χ0n) is 16.7. The number of nitrogen functional groups attached to an aromatic ring is 1. The topological polar surface area (TPSA) is 191 Å². The smallest absolute Gasteiger partial charge is 0.352 e. The highest BCUT2D eigenvalue weighted by Gasteiger charge is 2.61. The quantitative estimate of drug-likeness (QED) is 0.247. The van der Waals surface area contributed by atoms with E-state index in [4.69, 9.17) is 10.5 Å². The molecular weight excluding hydrogens is 466 g/mol. The summed E-state index contributed by atoms with van der Waals surface area (Å²) in [6.45, 7) is 0.375. The predicted molar refractivity (Wildman–Crippen MR) is 110 cm³/mol. The predicted octanol–water partition coefficient (Wildman–Crippen LogP) is -1.32. The molecule has 2 fully saturated rings. The third-order valence-electron chi connectivity index (χ3n) is 5.28. The number of aromatic nitrogens is 1. The largest absolute Gasteiger partial charge is 0.477 e. The molecule has 2 amide bonds. The van der Waals surface area contributed by atoms with Crippen LogP contribution in [0.5, 0.6) is 0 Å². The number of nitrogens with one attached hydrogen (secondary N) is 1. The minimum atomic E-state index is -4.02. The van der Waals surface area contributed by atoms with Crippen molar-refractivity contribution in [3.63, 3.8) is 0 Å². The maximum absolute atomic E-state index is 13.0. The third kappa shape index (κ3) is 3.61. The van der Waals surface area contributed by atoms with Crippen molar-refractivity contribution in [1.82, 2.24) is 15.2 Å². The van der Waals surface area contributed by atoms with Gasteiger partial charge in [-0.2, -0.15) is 0 Å². The number of fused-ring (bicyclic) bond motifs is 1. The van der Waals surface area contributed by atoms with Gasteiger partial charge in [0.15, 0.2) is 26.1 Å². The lowest BCUT2D eigenvalue weighted by Gasteiger charge is -2.49. The van der Waals surface area contributed by atoms with E-state index in [2.05, 4.69) is 20.3 Å². The van der Waals surface area contributed by atoms with Crippen molar-refractivity contribution in [2.24, 2.45) is 5.16 Å². The SMILES string of the molecule is CO/N=C(\C(=O)N[C@@H]1C(=O)N2C(C(=O)O)=C([C@@H]3CCCO3)CS(=O)(=O)[C@H]12)c1csc(N)n1. The highest BCUT2D eigenvalue weighted by atomic mass is 32.2. The summed E-state index contributed by atoms with van der Waals surface area (Å²) in [5.74, 6) is -3.81. The van der Waals surface area contributed by atoms with Gasteiger partial charge in [-0.15, -0.1) is 11.3 Å². The molecule has 3 atom stereocenters. The Morgan fingerprint density at radius 3 is 2.78 bits per heavy atom. The van der Waals surface area contributed by atoms with Crippen LogP contribution in [0.25, 0.3) is 0 Å². The fourth-order valence-electron chi connectivity index (χ4n) is 3.97. The molecule has 0 unspecified atom stereocenters. The Morgan fingerprint density at radius 2 is 2.22 bits per heavy atom. The molecule has 0 aromatic carbocycles. The number of amides is 2. The van der Waals surface area contributed by atoms with Crippen LogP contribution in [0.1, 0.15) is 18.5 Å². The van der Waals surface area contributed by atoms with Gasteiger partial charge in [0.1, 0.15) is 24.5 Å². The number of nitrogens with zero attached hydrogens (tertiary/aromatic N) is 3. The number of sulfone groups is 1. The van der Waals surface area contributed by atoms with Gasteiger partial charge in [0.05, 0.1) is 11.9 Å². The minimum Gasteiger partial charge on any atom is -0.477 e. The zero-order chi connectivity index (χ0) is 23.2. The first kappa shape index (κ1) is 22.2. The number of carboxylic acids is 1. The van der Waals surface area contributed by atoms with E-state index in [1.807, 2.05) is 0 Å². The van der Waals surface area contributed by atoms with Crippen molar-refractivity contribution in [1.29, 1.82) is 0 Å². The standard InChI is InChI=1S/C17H19N5O8S2/c1-29-21-10(8-5-31-17(18)19-8)13(23)20-11-14(24)22-12(16(25)26)7(9-3-2-4-30-9)6-32(27,28)15(11)22/h5,9,11,15H,2-4,6H2,1H3,(H2,18,19)(H,20,23)(H,25,26)/b21-10-/t9-,11+,15+/m0/s1. The number of thiazole rings is 1. The van der Waals surface area contributed by atoms with Gasteiger partial charge in [-0.1, -0.05) is 5.16 Å². The Bertz CT molecular complexity index is 1150. The highest BCUT2D eigenvalue weighted by molar-refractivity contribution is 7.92. The second-order valence-electron chi connectivity index (χ2n) is 7.23. The monoisotopic (exact) mass is 485 g/mol. The van der Waals surface area contributed by atoms with Crippen LogP contribution in [0.3, 0.4) is 0 Å². The number of nitrogens with two attached hydrogens (primary N) is 1. The average Bonchev–Trinajstić information content (AvgIpc) is 3.40. The summed E-state index contributed by atoms with van der Waals surface area (Å²) in [7, 11) is -2.82. The van der Waals surface area contributed by atoms with Crippen LogP contribution in [0, 0.1) is 0 Å². The van der Waals surface area contributed by atoms with Crippen molar-refractivity contribution < 1.29 is 37.5 Å². The molecular formula is C17H19N5O8S2. The molecule has 0 aliphatic carbocycles. The van der Waals surface area contributed by atoms with Gasteiger partial charge in [-0.05, 0) is 12.8 Å². The lowest BCUT2D eigenvalue weighted by Crippen LogP contribution is -2.75. The molecule has 3 aliphatic heterocycles. The van der Waals surface area contributed by atoms with Crippen LogP contribution in [0.4, 0.5) is 5.13 Å². The fourth-order valence-corrected chi connectivity index (χ4v) is 6.57. The Kier molecular flexibility index (Phi) is 5.64. The zero-order valence-corrected chi connectivity index (χ0v) is 18.3. The Hall–Kier alpha value is -3.04. The Morgan fingerprint density at radius 1 is 1.47 bits per heavy atom. The van der Waals surface area contributed by atoms with Gasteiger partial charge in [0.25, 0.3) is 11.8 Å². The maximum Gasteiger partial charge on any atom is 0.352 e. The maximum atomic E-state index is 13.0. The number of oxime groups is 1. The van der Waals surface area contributed by atoms with E-state index >= 15 is 0 Å². The Balaban J connectivity index is 1.64. The van der Waals surface area contributed by atoms with E-state index < -0.39 is 56.6 Å². The van der Waals surface area contributed by atoms with Crippen molar-refractivity contribution in [3.8, 4) is 0 Å². The summed E-state index contributed by atoms with van der Waals surface area (Å²) in [5, 5.41) is 15.7. The lowest BCUT2D eigenvalue weighted by atomic mass is 9.99. The van der Waals surface area contributed by atoms with Crippen LogP contribution in [-0.2, 0) is 33.8 Å². The van der Waals surface area contributed by atoms with Crippen molar-refractivity contribution in [2.45, 2.75) is 30.4 Å². The second-order valence-corrected chi connectivity index (χ2v) is 10.2. The molecule has 4 N–H and O–H groups in total. The van der Waals surface area contributed by atoms with E-state index in [9.17, 15) is 27.9 Å². The van der Waals surface area contributed by atoms with E-state index in [1.165, 1.54) is 12.5 Å². The second kappa shape index (κ2) is 8.14. The molecule has 4 rings (SSSR count). The summed E-state index contributed by atoms with van der Waals surface area (Å²) < 4.78 is 31.4. The fraction of sp³-hybridized carbons (Fsp3) is 0.471. The van der Waals surface area contributed by atoms with Crippen LogP contribution < -0.4 is 11.1 Å². The van der Waals surface area contributed by atoms with Gasteiger partial charge >= 0.3 is 5.97 Å². The number of aliphatic carboxylic acids is 1. The molecule has 0 saturated carbocycles. The lowest BCUT2D eigenvalue weighted by molar-refractivity contribution is -0.150. The number of hydrogen-bond acceptors (Lipinski definition) is 11. The van der Waals surface area contributed by atoms with Crippen LogP contribution in [0.15, 0.2) is 21.8 Å². The number of ether oxygens (including phenoxy) is 1. The molecule has 1 aromatic rings. The summed E-state index contributed by atoms with van der Waals surface area (Å²) in [5.41, 5.74) is 4.97. The molecule has 0 spiro atoms.